The smallest absolute Gasteiger partial charge is 0.327 e. The lowest BCUT2D eigenvalue weighted by Crippen LogP contribution is -2.63. The molecular formula is C25H31FN4O5S. The van der Waals surface area contributed by atoms with E-state index in [9.17, 15) is 22.4 Å². The number of carbonyl (C=O) groups excluding carboxylic acids is 2. The molecule has 194 valence electrons. The molecule has 1 aromatic carbocycles. The molecule has 3 atom stereocenters. The molecule has 36 heavy (non-hydrogen) atoms. The van der Waals surface area contributed by atoms with Gasteiger partial charge in [-0.1, -0.05) is 17.3 Å². The number of rotatable bonds is 7. The summed E-state index contributed by atoms with van der Waals surface area (Å²) >= 11 is 0. The molecule has 2 aliphatic carbocycles. The first-order valence-electron chi connectivity index (χ1n) is 12.3. The molecule has 3 unspecified atom stereocenters. The molecule has 2 aromatic rings. The molecule has 1 saturated heterocycles. The fourth-order valence-corrected chi connectivity index (χ4v) is 7.31. The van der Waals surface area contributed by atoms with Gasteiger partial charge in [0, 0.05) is 23.7 Å². The van der Waals surface area contributed by atoms with Gasteiger partial charge in [0.05, 0.1) is 23.4 Å². The number of nitrogens with zero attached hydrogens (tertiary/aromatic N) is 3. The third-order valence-electron chi connectivity index (χ3n) is 7.82. The Morgan fingerprint density at radius 1 is 1.14 bits per heavy atom. The average molecular weight is 519 g/mol. The number of urea groups is 1. The van der Waals surface area contributed by atoms with E-state index in [0.717, 1.165) is 18.4 Å². The van der Waals surface area contributed by atoms with Crippen LogP contribution in [0, 0.1) is 25.6 Å². The zero-order valence-corrected chi connectivity index (χ0v) is 21.5. The van der Waals surface area contributed by atoms with E-state index >= 15 is 0 Å². The molecule has 3 fully saturated rings. The van der Waals surface area contributed by atoms with Gasteiger partial charge in [-0.2, -0.15) is 0 Å². The largest absolute Gasteiger partial charge is 0.361 e. The summed E-state index contributed by atoms with van der Waals surface area (Å²) in [5, 5.41) is 3.23. The number of sulfonamides is 1. The molecule has 1 N–H and O–H groups in total. The van der Waals surface area contributed by atoms with Crippen LogP contribution in [0.3, 0.4) is 0 Å². The van der Waals surface area contributed by atoms with Crippen LogP contribution in [0.5, 0.6) is 0 Å². The van der Waals surface area contributed by atoms with Gasteiger partial charge in [-0.3, -0.25) is 9.69 Å². The van der Waals surface area contributed by atoms with E-state index in [4.69, 9.17) is 4.52 Å². The van der Waals surface area contributed by atoms with Crippen molar-refractivity contribution in [3.8, 4) is 0 Å². The van der Waals surface area contributed by atoms with Crippen molar-refractivity contribution in [1.82, 2.24) is 19.7 Å². The van der Waals surface area contributed by atoms with Crippen LogP contribution >= 0.6 is 0 Å². The maximum Gasteiger partial charge on any atom is 0.327 e. The SMILES string of the molecule is Cc1noc(C)c1CN1C(=O)C2CC(S(=O)(=O)NC3(C)CC3)CCC2N(Cc2ccc(F)cc2)C1=O. The number of benzene rings is 1. The summed E-state index contributed by atoms with van der Waals surface area (Å²) in [5.41, 5.74) is 1.58. The standard InChI is InChI=1S/C25H31FN4O5S/c1-15-21(16(2)35-27-15)14-30-23(31)20-12-19(36(33,34)28-25(3)10-11-25)8-9-22(20)29(24(30)32)13-17-4-6-18(26)7-5-17/h4-7,19-20,22,28H,8-14H2,1-3H3. The number of amides is 3. The first kappa shape index (κ1) is 24.9. The molecule has 3 aliphatic rings. The predicted molar refractivity (Wildman–Crippen MR) is 128 cm³/mol. The molecule has 0 bridgehead atoms. The average Bonchev–Trinajstić information content (AvgIpc) is 3.47. The Morgan fingerprint density at radius 2 is 1.83 bits per heavy atom. The van der Waals surface area contributed by atoms with E-state index in [1.165, 1.54) is 17.0 Å². The van der Waals surface area contributed by atoms with Crippen LogP contribution in [0.4, 0.5) is 9.18 Å². The summed E-state index contributed by atoms with van der Waals surface area (Å²) in [5.74, 6) is -0.894. The Bertz CT molecular complexity index is 1270. The number of hydrogen-bond donors (Lipinski definition) is 1. The zero-order valence-electron chi connectivity index (χ0n) is 20.7. The minimum absolute atomic E-state index is 0.00426. The van der Waals surface area contributed by atoms with Gasteiger partial charge in [-0.25, -0.2) is 22.3 Å². The molecule has 1 aliphatic heterocycles. The van der Waals surface area contributed by atoms with Gasteiger partial charge in [0.2, 0.25) is 15.9 Å². The monoisotopic (exact) mass is 518 g/mol. The number of nitrogens with one attached hydrogen (secondary N) is 1. The number of carbonyl (C=O) groups is 2. The fourth-order valence-electron chi connectivity index (χ4n) is 5.35. The van der Waals surface area contributed by atoms with Crippen LogP contribution in [0.25, 0.3) is 0 Å². The molecule has 0 radical (unpaired) electrons. The van der Waals surface area contributed by atoms with Crippen molar-refractivity contribution in [1.29, 1.82) is 0 Å². The number of imide groups is 1. The molecular weight excluding hydrogens is 487 g/mol. The van der Waals surface area contributed by atoms with E-state index in [1.807, 2.05) is 6.92 Å². The van der Waals surface area contributed by atoms with E-state index in [2.05, 4.69) is 9.88 Å². The molecule has 2 heterocycles. The summed E-state index contributed by atoms with van der Waals surface area (Å²) in [4.78, 5) is 30.2. The molecule has 5 rings (SSSR count). The van der Waals surface area contributed by atoms with Crippen molar-refractivity contribution in [2.75, 3.05) is 0 Å². The number of halogens is 1. The van der Waals surface area contributed by atoms with Gasteiger partial charge in [0.1, 0.15) is 11.6 Å². The Labute approximate surface area is 210 Å². The molecule has 1 aromatic heterocycles. The Morgan fingerprint density at radius 3 is 2.44 bits per heavy atom. The van der Waals surface area contributed by atoms with E-state index in [0.29, 0.717) is 29.9 Å². The maximum absolute atomic E-state index is 13.7. The molecule has 0 spiro atoms. The summed E-state index contributed by atoms with van der Waals surface area (Å²) in [6.07, 6.45) is 2.49. The second kappa shape index (κ2) is 8.95. The molecule has 2 saturated carbocycles. The van der Waals surface area contributed by atoms with Gasteiger partial charge in [0.25, 0.3) is 0 Å². The molecule has 11 heteroatoms. The second-order valence-corrected chi connectivity index (χ2v) is 12.5. The Balaban J connectivity index is 1.45. The van der Waals surface area contributed by atoms with Gasteiger partial charge < -0.3 is 9.42 Å². The summed E-state index contributed by atoms with van der Waals surface area (Å²) in [6.45, 7) is 5.54. The topological polar surface area (TPSA) is 113 Å². The lowest BCUT2D eigenvalue weighted by atomic mass is 9.80. The Kier molecular flexibility index (Phi) is 6.19. The quantitative estimate of drug-likeness (QED) is 0.601. The number of fused-ring (bicyclic) bond motifs is 1. The van der Waals surface area contributed by atoms with Crippen molar-refractivity contribution in [3.05, 3.63) is 52.7 Å². The predicted octanol–water partition coefficient (Wildman–Crippen LogP) is 3.40. The highest BCUT2D eigenvalue weighted by Gasteiger charge is 2.52. The normalized spacial score (nSPS) is 25.7. The second-order valence-electron chi connectivity index (χ2n) is 10.6. The highest BCUT2D eigenvalue weighted by atomic mass is 32.2. The third kappa shape index (κ3) is 4.66. The fraction of sp³-hybridized carbons (Fsp3) is 0.560. The molecule has 3 amide bonds. The van der Waals surface area contributed by atoms with E-state index < -0.39 is 38.8 Å². The van der Waals surface area contributed by atoms with Crippen LogP contribution in [-0.2, 0) is 27.9 Å². The lowest BCUT2D eigenvalue weighted by Gasteiger charge is -2.48. The number of aromatic nitrogens is 1. The summed E-state index contributed by atoms with van der Waals surface area (Å²) < 4.78 is 47.8. The lowest BCUT2D eigenvalue weighted by molar-refractivity contribution is -0.141. The summed E-state index contributed by atoms with van der Waals surface area (Å²) in [7, 11) is -3.62. The number of hydrogen-bond acceptors (Lipinski definition) is 6. The first-order chi connectivity index (χ1) is 17.0. The van der Waals surface area contributed by atoms with E-state index in [-0.39, 0.29) is 31.2 Å². The Hall–Kier alpha value is -2.79. The van der Waals surface area contributed by atoms with Crippen LogP contribution in [0.2, 0.25) is 0 Å². The van der Waals surface area contributed by atoms with Gasteiger partial charge in [0.15, 0.2) is 0 Å². The zero-order chi connectivity index (χ0) is 25.8. The van der Waals surface area contributed by atoms with Gasteiger partial charge >= 0.3 is 6.03 Å². The summed E-state index contributed by atoms with van der Waals surface area (Å²) in [6, 6.07) is 5.02. The highest BCUT2D eigenvalue weighted by Crippen LogP contribution is 2.41. The van der Waals surface area contributed by atoms with Crippen molar-refractivity contribution in [2.24, 2.45) is 5.92 Å². The number of aryl methyl sites for hydroxylation is 2. The highest BCUT2D eigenvalue weighted by molar-refractivity contribution is 7.90. The molecule has 9 nitrogen and oxygen atoms in total. The van der Waals surface area contributed by atoms with Crippen molar-refractivity contribution in [3.63, 3.8) is 0 Å². The van der Waals surface area contributed by atoms with Crippen LogP contribution in [0.1, 0.15) is 61.6 Å². The van der Waals surface area contributed by atoms with Gasteiger partial charge in [-0.15, -0.1) is 0 Å². The van der Waals surface area contributed by atoms with Crippen molar-refractivity contribution < 1.29 is 26.9 Å². The maximum atomic E-state index is 13.7. The van der Waals surface area contributed by atoms with Crippen LogP contribution in [0.15, 0.2) is 28.8 Å². The first-order valence-corrected chi connectivity index (χ1v) is 13.8. The van der Waals surface area contributed by atoms with Crippen molar-refractivity contribution in [2.45, 2.75) is 82.8 Å². The third-order valence-corrected chi connectivity index (χ3v) is 9.90. The van der Waals surface area contributed by atoms with Crippen LogP contribution in [-0.4, -0.2) is 52.1 Å². The van der Waals surface area contributed by atoms with Crippen molar-refractivity contribution >= 4 is 22.0 Å². The minimum Gasteiger partial charge on any atom is -0.361 e. The van der Waals surface area contributed by atoms with E-state index in [1.54, 1.807) is 30.9 Å². The van der Waals surface area contributed by atoms with Crippen LogP contribution < -0.4 is 4.72 Å². The minimum atomic E-state index is -3.62. The van der Waals surface area contributed by atoms with Gasteiger partial charge in [-0.05, 0) is 70.6 Å².